The van der Waals surface area contributed by atoms with Gasteiger partial charge in [-0.3, -0.25) is 10.1 Å². The number of halogens is 4. The van der Waals surface area contributed by atoms with Gasteiger partial charge in [0, 0.05) is 18.3 Å². The molecule has 0 aromatic heterocycles. The molecule has 0 atom stereocenters. The normalized spacial score (nSPS) is 10.5. The Hall–Kier alpha value is -1.92. The van der Waals surface area contributed by atoms with Gasteiger partial charge in [-0.15, -0.1) is 0 Å². The lowest BCUT2D eigenvalue weighted by Crippen LogP contribution is -2.01. The molecule has 0 saturated heterocycles. The molecule has 0 heterocycles. The van der Waals surface area contributed by atoms with Crippen molar-refractivity contribution in [2.75, 3.05) is 5.32 Å². The summed E-state index contributed by atoms with van der Waals surface area (Å²) in [4.78, 5) is 9.70. The average Bonchev–Trinajstić information content (AvgIpc) is 2.42. The highest BCUT2D eigenvalue weighted by Crippen LogP contribution is 2.27. The fraction of sp³-hybridized carbons (Fsp3) is 0.0769. The van der Waals surface area contributed by atoms with Crippen LogP contribution in [0.15, 0.2) is 30.3 Å². The van der Waals surface area contributed by atoms with Gasteiger partial charge in [-0.05, 0) is 23.8 Å². The summed E-state index contributed by atoms with van der Waals surface area (Å²) in [7, 11) is 0. The summed E-state index contributed by atoms with van der Waals surface area (Å²) in [5.41, 5.74) is 0.339. The van der Waals surface area contributed by atoms with Gasteiger partial charge in [-0.1, -0.05) is 29.3 Å². The molecule has 0 aliphatic rings. The summed E-state index contributed by atoms with van der Waals surface area (Å²) >= 11 is 11.3. The van der Waals surface area contributed by atoms with E-state index in [-0.39, 0.29) is 16.6 Å². The molecule has 4 nitrogen and oxygen atoms in total. The van der Waals surface area contributed by atoms with E-state index in [1.54, 1.807) is 0 Å². The van der Waals surface area contributed by atoms with Crippen molar-refractivity contribution in [2.45, 2.75) is 6.54 Å². The van der Waals surface area contributed by atoms with Crippen LogP contribution in [0.1, 0.15) is 5.56 Å². The first-order valence-electron chi connectivity index (χ1n) is 5.69. The van der Waals surface area contributed by atoms with E-state index in [0.717, 1.165) is 12.1 Å². The lowest BCUT2D eigenvalue weighted by Gasteiger charge is -2.08. The maximum absolute atomic E-state index is 13.4. The number of anilines is 1. The standard InChI is InChI=1S/C13H8Cl2F2N2O2/c14-9-4-8(5-10(15)13(9)17)18-6-7-1-2-12(19(20)21)11(16)3-7/h1-5,18H,6H2. The van der Waals surface area contributed by atoms with Crippen LogP contribution >= 0.6 is 23.2 Å². The van der Waals surface area contributed by atoms with E-state index in [0.29, 0.717) is 11.3 Å². The van der Waals surface area contributed by atoms with Gasteiger partial charge in [0.05, 0.1) is 15.0 Å². The number of benzene rings is 2. The van der Waals surface area contributed by atoms with Crippen LogP contribution in [-0.2, 0) is 6.54 Å². The second kappa shape index (κ2) is 6.24. The average molecular weight is 333 g/mol. The number of rotatable bonds is 4. The molecular formula is C13H8Cl2F2N2O2. The highest BCUT2D eigenvalue weighted by Gasteiger charge is 2.13. The predicted octanol–water partition coefficient (Wildman–Crippen LogP) is 4.79. The third-order valence-corrected chi connectivity index (χ3v) is 3.24. The molecule has 1 N–H and O–H groups in total. The summed E-state index contributed by atoms with van der Waals surface area (Å²) in [6, 6.07) is 6.23. The van der Waals surface area contributed by atoms with E-state index in [2.05, 4.69) is 5.32 Å². The van der Waals surface area contributed by atoms with Crippen molar-refractivity contribution >= 4 is 34.6 Å². The summed E-state index contributed by atoms with van der Waals surface area (Å²) in [5.74, 6) is -1.64. The number of nitrogens with zero attached hydrogens (tertiary/aromatic N) is 1. The van der Waals surface area contributed by atoms with Gasteiger partial charge in [-0.25, -0.2) is 4.39 Å². The zero-order valence-corrected chi connectivity index (χ0v) is 11.9. The third kappa shape index (κ3) is 3.59. The number of nitro groups is 1. The van der Waals surface area contributed by atoms with Gasteiger partial charge in [-0.2, -0.15) is 4.39 Å². The second-order valence-electron chi connectivity index (χ2n) is 4.15. The largest absolute Gasteiger partial charge is 0.381 e. The van der Waals surface area contributed by atoms with Crippen molar-refractivity contribution < 1.29 is 13.7 Å². The Balaban J connectivity index is 2.13. The topological polar surface area (TPSA) is 55.2 Å². The number of nitro benzene ring substituents is 1. The molecule has 2 aromatic carbocycles. The molecule has 0 aliphatic heterocycles. The van der Waals surface area contributed by atoms with E-state index < -0.39 is 22.2 Å². The first-order chi connectivity index (χ1) is 9.88. The molecule has 2 aromatic rings. The molecule has 0 unspecified atom stereocenters. The van der Waals surface area contributed by atoms with E-state index in [1.807, 2.05) is 0 Å². The van der Waals surface area contributed by atoms with Crippen LogP contribution in [0.2, 0.25) is 10.0 Å². The minimum Gasteiger partial charge on any atom is -0.381 e. The number of hydrogen-bond donors (Lipinski definition) is 1. The SMILES string of the molecule is O=[N+]([O-])c1ccc(CNc2cc(Cl)c(F)c(Cl)c2)cc1F. The van der Waals surface area contributed by atoms with Crippen molar-refractivity contribution in [3.05, 3.63) is 67.7 Å². The molecule has 0 amide bonds. The van der Waals surface area contributed by atoms with E-state index >= 15 is 0 Å². The van der Waals surface area contributed by atoms with Crippen molar-refractivity contribution in [1.82, 2.24) is 0 Å². The van der Waals surface area contributed by atoms with Crippen molar-refractivity contribution in [3.63, 3.8) is 0 Å². The zero-order valence-electron chi connectivity index (χ0n) is 10.4. The highest BCUT2D eigenvalue weighted by molar-refractivity contribution is 6.35. The molecule has 0 spiro atoms. The maximum Gasteiger partial charge on any atom is 0.304 e. The molecule has 110 valence electrons. The predicted molar refractivity (Wildman–Crippen MR) is 76.8 cm³/mol. The molecule has 0 fully saturated rings. The summed E-state index contributed by atoms with van der Waals surface area (Å²) in [6.07, 6.45) is 0. The van der Waals surface area contributed by atoms with Crippen molar-refractivity contribution in [2.24, 2.45) is 0 Å². The molecule has 0 saturated carbocycles. The Morgan fingerprint density at radius 1 is 1.14 bits per heavy atom. The Morgan fingerprint density at radius 3 is 2.29 bits per heavy atom. The molecule has 21 heavy (non-hydrogen) atoms. The smallest absolute Gasteiger partial charge is 0.304 e. The summed E-state index contributed by atoms with van der Waals surface area (Å²) < 4.78 is 26.7. The van der Waals surface area contributed by atoms with Gasteiger partial charge in [0.15, 0.2) is 5.82 Å². The minimum atomic E-state index is -0.922. The maximum atomic E-state index is 13.4. The monoisotopic (exact) mass is 332 g/mol. The highest BCUT2D eigenvalue weighted by atomic mass is 35.5. The molecule has 0 bridgehead atoms. The number of hydrogen-bond acceptors (Lipinski definition) is 3. The third-order valence-electron chi connectivity index (χ3n) is 2.69. The fourth-order valence-corrected chi connectivity index (χ4v) is 2.16. The van der Waals surface area contributed by atoms with Crippen LogP contribution in [0.3, 0.4) is 0 Å². The van der Waals surface area contributed by atoms with Crippen LogP contribution in [0, 0.1) is 21.7 Å². The van der Waals surface area contributed by atoms with Gasteiger partial charge in [0.1, 0.15) is 0 Å². The Morgan fingerprint density at radius 2 is 1.76 bits per heavy atom. The number of nitrogens with one attached hydrogen (secondary N) is 1. The van der Waals surface area contributed by atoms with Crippen LogP contribution in [0.25, 0.3) is 0 Å². The van der Waals surface area contributed by atoms with Crippen molar-refractivity contribution in [1.29, 1.82) is 0 Å². The lowest BCUT2D eigenvalue weighted by molar-refractivity contribution is -0.387. The molecule has 8 heteroatoms. The van der Waals surface area contributed by atoms with Crippen LogP contribution < -0.4 is 5.32 Å². The Labute approximate surface area is 128 Å². The first kappa shape index (κ1) is 15.5. The Bertz CT molecular complexity index is 688. The minimum absolute atomic E-state index is 0.139. The zero-order chi connectivity index (χ0) is 15.6. The molecule has 0 aliphatic carbocycles. The summed E-state index contributed by atoms with van der Waals surface area (Å²) in [5, 5.41) is 13.1. The second-order valence-corrected chi connectivity index (χ2v) is 4.96. The molecule has 2 rings (SSSR count). The van der Waals surface area contributed by atoms with Crippen LogP contribution in [0.4, 0.5) is 20.2 Å². The van der Waals surface area contributed by atoms with Gasteiger partial charge in [0.2, 0.25) is 5.82 Å². The van der Waals surface area contributed by atoms with Gasteiger partial charge < -0.3 is 5.32 Å². The lowest BCUT2D eigenvalue weighted by atomic mass is 10.2. The quantitative estimate of drug-likeness (QED) is 0.497. The molecular weight excluding hydrogens is 325 g/mol. The summed E-state index contributed by atoms with van der Waals surface area (Å²) in [6.45, 7) is 0.174. The van der Waals surface area contributed by atoms with Gasteiger partial charge in [0.25, 0.3) is 0 Å². The first-order valence-corrected chi connectivity index (χ1v) is 6.45. The molecule has 0 radical (unpaired) electrons. The Kier molecular flexibility index (Phi) is 4.59. The fourth-order valence-electron chi connectivity index (χ4n) is 1.67. The van der Waals surface area contributed by atoms with Crippen LogP contribution in [0.5, 0.6) is 0 Å². The van der Waals surface area contributed by atoms with Crippen molar-refractivity contribution in [3.8, 4) is 0 Å². The van der Waals surface area contributed by atoms with Gasteiger partial charge >= 0.3 is 5.69 Å². The van der Waals surface area contributed by atoms with E-state index in [1.165, 1.54) is 18.2 Å². The van der Waals surface area contributed by atoms with E-state index in [4.69, 9.17) is 23.2 Å². The van der Waals surface area contributed by atoms with Crippen LogP contribution in [-0.4, -0.2) is 4.92 Å². The van der Waals surface area contributed by atoms with E-state index in [9.17, 15) is 18.9 Å².